The van der Waals surface area contributed by atoms with Crippen molar-refractivity contribution in [3.05, 3.63) is 29.8 Å². The van der Waals surface area contributed by atoms with Gasteiger partial charge in [0.2, 0.25) is 0 Å². The molecule has 0 aliphatic heterocycles. The maximum absolute atomic E-state index is 10.2. The van der Waals surface area contributed by atoms with Gasteiger partial charge in [-0.15, -0.1) is 4.99 Å². The van der Waals surface area contributed by atoms with Crippen LogP contribution in [0.2, 0.25) is 0 Å². The van der Waals surface area contributed by atoms with Gasteiger partial charge in [-0.3, -0.25) is 4.79 Å². The van der Waals surface area contributed by atoms with Crippen molar-refractivity contribution in [3.8, 4) is 0 Å². The summed E-state index contributed by atoms with van der Waals surface area (Å²) < 4.78 is 0. The van der Waals surface area contributed by atoms with Crippen molar-refractivity contribution in [1.29, 1.82) is 0 Å². The van der Waals surface area contributed by atoms with Crippen molar-refractivity contribution in [1.82, 2.24) is 0 Å². The highest BCUT2D eigenvalue weighted by molar-refractivity contribution is 5.75. The topological polar surface area (TPSA) is 58.6 Å². The number of aldehydes is 1. The standard InChI is InChI=1S/C7H7NO3/c9-5-6-1-3-7(4-2-6)8-11-10/h1-5,8,10H. The zero-order valence-electron chi connectivity index (χ0n) is 5.65. The molecule has 0 radical (unpaired) electrons. The lowest BCUT2D eigenvalue weighted by Gasteiger charge is -1.98. The van der Waals surface area contributed by atoms with Gasteiger partial charge in [0.15, 0.2) is 0 Å². The number of benzene rings is 1. The molecule has 0 bridgehead atoms. The van der Waals surface area contributed by atoms with E-state index in [4.69, 9.17) is 5.26 Å². The number of nitrogens with one attached hydrogen (secondary N) is 1. The third-order valence-electron chi connectivity index (χ3n) is 1.21. The maximum Gasteiger partial charge on any atom is 0.150 e. The fourth-order valence-electron chi connectivity index (χ4n) is 0.682. The minimum absolute atomic E-state index is 0.577. The monoisotopic (exact) mass is 153 g/mol. The molecular formula is C7H7NO3. The largest absolute Gasteiger partial charge is 0.298 e. The van der Waals surface area contributed by atoms with Crippen molar-refractivity contribution in [2.24, 2.45) is 0 Å². The second-order valence-corrected chi connectivity index (χ2v) is 1.93. The van der Waals surface area contributed by atoms with Crippen LogP contribution in [0.5, 0.6) is 0 Å². The van der Waals surface area contributed by atoms with Crippen LogP contribution in [0.1, 0.15) is 10.4 Å². The molecule has 0 fully saturated rings. The van der Waals surface area contributed by atoms with Crippen molar-refractivity contribution in [2.75, 3.05) is 5.48 Å². The Morgan fingerprint density at radius 1 is 1.36 bits per heavy atom. The van der Waals surface area contributed by atoms with Crippen molar-refractivity contribution >= 4 is 12.0 Å². The molecule has 0 aromatic heterocycles. The first-order valence-corrected chi connectivity index (χ1v) is 2.98. The molecule has 0 aliphatic carbocycles. The van der Waals surface area contributed by atoms with Crippen LogP contribution in [0.25, 0.3) is 0 Å². The number of anilines is 1. The lowest BCUT2D eigenvalue weighted by molar-refractivity contribution is -0.215. The van der Waals surface area contributed by atoms with E-state index >= 15 is 0 Å². The van der Waals surface area contributed by atoms with E-state index in [1.54, 1.807) is 24.3 Å². The van der Waals surface area contributed by atoms with E-state index in [1.165, 1.54) is 0 Å². The lowest BCUT2D eigenvalue weighted by atomic mass is 10.2. The molecule has 0 unspecified atom stereocenters. The van der Waals surface area contributed by atoms with E-state index in [2.05, 4.69) is 10.5 Å². The van der Waals surface area contributed by atoms with E-state index in [9.17, 15) is 4.79 Å². The summed E-state index contributed by atoms with van der Waals surface area (Å²) in [5.41, 5.74) is 3.36. The highest BCUT2D eigenvalue weighted by Crippen LogP contribution is 2.06. The van der Waals surface area contributed by atoms with Gasteiger partial charge in [0, 0.05) is 5.56 Å². The molecule has 0 aliphatic rings. The minimum Gasteiger partial charge on any atom is -0.298 e. The van der Waals surface area contributed by atoms with Crippen LogP contribution in [-0.4, -0.2) is 11.5 Å². The molecular weight excluding hydrogens is 146 g/mol. The SMILES string of the molecule is O=Cc1ccc(NOO)cc1. The van der Waals surface area contributed by atoms with Crippen LogP contribution < -0.4 is 5.48 Å². The number of hydrogen-bond donors (Lipinski definition) is 2. The van der Waals surface area contributed by atoms with Crippen LogP contribution in [-0.2, 0) is 4.99 Å². The molecule has 1 rings (SSSR count). The second-order valence-electron chi connectivity index (χ2n) is 1.93. The quantitative estimate of drug-likeness (QED) is 0.390. The first kappa shape index (κ1) is 7.71. The van der Waals surface area contributed by atoms with E-state index in [0.717, 1.165) is 6.29 Å². The molecule has 0 saturated carbocycles. The minimum atomic E-state index is 0.577. The first-order chi connectivity index (χ1) is 5.36. The van der Waals surface area contributed by atoms with Gasteiger partial charge in [-0.25, -0.2) is 10.7 Å². The van der Waals surface area contributed by atoms with E-state index < -0.39 is 0 Å². The Balaban J connectivity index is 2.74. The fourth-order valence-corrected chi connectivity index (χ4v) is 0.682. The fraction of sp³-hybridized carbons (Fsp3) is 0. The number of carbonyl (C=O) groups excluding carboxylic acids is 1. The van der Waals surface area contributed by atoms with E-state index in [1.807, 2.05) is 0 Å². The van der Waals surface area contributed by atoms with Crippen LogP contribution in [0.3, 0.4) is 0 Å². The molecule has 4 heteroatoms. The lowest BCUT2D eigenvalue weighted by Crippen LogP contribution is -1.95. The Labute approximate surface area is 63.3 Å². The van der Waals surface area contributed by atoms with Crippen molar-refractivity contribution in [3.63, 3.8) is 0 Å². The summed E-state index contributed by atoms with van der Waals surface area (Å²) in [5, 5.41) is 7.97. The molecule has 4 nitrogen and oxygen atoms in total. The van der Waals surface area contributed by atoms with Crippen LogP contribution in [0.15, 0.2) is 24.3 Å². The van der Waals surface area contributed by atoms with Gasteiger partial charge in [0.05, 0.1) is 5.69 Å². The number of carbonyl (C=O) groups is 1. The van der Waals surface area contributed by atoms with E-state index in [0.29, 0.717) is 11.3 Å². The van der Waals surface area contributed by atoms with Crippen LogP contribution in [0.4, 0.5) is 5.69 Å². The Hall–Kier alpha value is -1.39. The molecule has 11 heavy (non-hydrogen) atoms. The Morgan fingerprint density at radius 3 is 2.45 bits per heavy atom. The highest BCUT2D eigenvalue weighted by atomic mass is 17.2. The molecule has 0 atom stereocenters. The van der Waals surface area contributed by atoms with Gasteiger partial charge in [-0.1, -0.05) is 0 Å². The summed E-state index contributed by atoms with van der Waals surface area (Å²) in [6.45, 7) is 0. The average Bonchev–Trinajstić information content (AvgIpc) is 2.07. The average molecular weight is 153 g/mol. The molecule has 0 heterocycles. The molecule has 2 N–H and O–H groups in total. The Kier molecular flexibility index (Phi) is 2.59. The van der Waals surface area contributed by atoms with Crippen molar-refractivity contribution < 1.29 is 15.0 Å². The third-order valence-corrected chi connectivity index (χ3v) is 1.21. The first-order valence-electron chi connectivity index (χ1n) is 2.98. The molecule has 0 saturated heterocycles. The Bertz CT molecular complexity index is 232. The third kappa shape index (κ3) is 2.03. The summed E-state index contributed by atoms with van der Waals surface area (Å²) in [7, 11) is 0. The molecule has 58 valence electrons. The van der Waals surface area contributed by atoms with Crippen LogP contribution >= 0.6 is 0 Å². The van der Waals surface area contributed by atoms with Gasteiger partial charge in [-0.05, 0) is 24.3 Å². The zero-order valence-corrected chi connectivity index (χ0v) is 5.65. The summed E-state index contributed by atoms with van der Waals surface area (Å²) in [6, 6.07) is 6.43. The van der Waals surface area contributed by atoms with Gasteiger partial charge < -0.3 is 0 Å². The van der Waals surface area contributed by atoms with E-state index in [-0.39, 0.29) is 0 Å². The van der Waals surface area contributed by atoms with Gasteiger partial charge in [0.1, 0.15) is 6.29 Å². The predicted molar refractivity (Wildman–Crippen MR) is 39.2 cm³/mol. The second kappa shape index (κ2) is 3.70. The van der Waals surface area contributed by atoms with Gasteiger partial charge >= 0.3 is 0 Å². The molecule has 1 aromatic carbocycles. The van der Waals surface area contributed by atoms with Crippen LogP contribution in [0, 0.1) is 0 Å². The Morgan fingerprint density at radius 2 is 2.00 bits per heavy atom. The molecule has 1 aromatic rings. The zero-order chi connectivity index (χ0) is 8.10. The number of rotatable bonds is 3. The normalized spacial score (nSPS) is 9.18. The van der Waals surface area contributed by atoms with Crippen molar-refractivity contribution in [2.45, 2.75) is 0 Å². The van der Waals surface area contributed by atoms with Gasteiger partial charge in [-0.2, -0.15) is 0 Å². The summed E-state index contributed by atoms with van der Waals surface area (Å²) >= 11 is 0. The highest BCUT2D eigenvalue weighted by Gasteiger charge is 1.90. The number of hydrogen-bond acceptors (Lipinski definition) is 4. The smallest absolute Gasteiger partial charge is 0.150 e. The molecule has 0 amide bonds. The maximum atomic E-state index is 10.2. The summed E-state index contributed by atoms with van der Waals surface area (Å²) in [5.74, 6) is 0. The summed E-state index contributed by atoms with van der Waals surface area (Å²) in [6.07, 6.45) is 0.740. The molecule has 0 spiro atoms. The summed E-state index contributed by atoms with van der Waals surface area (Å²) in [4.78, 5) is 13.8. The predicted octanol–water partition coefficient (Wildman–Crippen LogP) is 1.32. The van der Waals surface area contributed by atoms with Gasteiger partial charge in [0.25, 0.3) is 0 Å².